The van der Waals surface area contributed by atoms with Gasteiger partial charge in [0.15, 0.2) is 5.16 Å². The Morgan fingerprint density at radius 3 is 2.85 bits per heavy atom. The molecule has 1 aromatic carbocycles. The quantitative estimate of drug-likeness (QED) is 0.506. The van der Waals surface area contributed by atoms with Crippen molar-refractivity contribution in [2.45, 2.75) is 11.7 Å². The van der Waals surface area contributed by atoms with Crippen molar-refractivity contribution in [2.24, 2.45) is 0 Å². The van der Waals surface area contributed by atoms with Gasteiger partial charge >= 0.3 is 0 Å². The monoisotopic (exact) mass is 395 g/mol. The molecule has 4 heterocycles. The number of anilines is 2. The van der Waals surface area contributed by atoms with Gasteiger partial charge in [-0.05, 0) is 29.7 Å². The molecule has 3 aromatic heterocycles. The zero-order valence-corrected chi connectivity index (χ0v) is 15.6. The van der Waals surface area contributed by atoms with E-state index >= 15 is 0 Å². The Bertz CT molecular complexity index is 1190. The summed E-state index contributed by atoms with van der Waals surface area (Å²) in [4.78, 5) is 23.9. The SMILES string of the molecule is O=c1[nH]ccc2cc(Cl)nc(Nc3ccc(-c4cn5c(n4)SCC5)cc3)c12. The van der Waals surface area contributed by atoms with Gasteiger partial charge in [0.2, 0.25) is 0 Å². The highest BCUT2D eigenvalue weighted by atomic mass is 35.5. The van der Waals surface area contributed by atoms with Gasteiger partial charge in [-0.25, -0.2) is 9.97 Å². The van der Waals surface area contributed by atoms with Gasteiger partial charge in [-0.3, -0.25) is 4.79 Å². The average Bonchev–Trinajstić information content (AvgIpc) is 3.24. The third kappa shape index (κ3) is 2.98. The highest BCUT2D eigenvalue weighted by Gasteiger charge is 2.15. The lowest BCUT2D eigenvalue weighted by Gasteiger charge is -2.09. The largest absolute Gasteiger partial charge is 0.339 e. The maximum Gasteiger partial charge on any atom is 0.259 e. The number of hydrogen-bond donors (Lipinski definition) is 2. The normalized spacial score (nSPS) is 13.1. The van der Waals surface area contributed by atoms with Gasteiger partial charge in [0.25, 0.3) is 5.56 Å². The number of aromatic nitrogens is 4. The minimum atomic E-state index is -0.208. The van der Waals surface area contributed by atoms with E-state index in [9.17, 15) is 4.79 Å². The summed E-state index contributed by atoms with van der Waals surface area (Å²) < 4.78 is 2.18. The van der Waals surface area contributed by atoms with Crippen molar-refractivity contribution >= 4 is 45.6 Å². The van der Waals surface area contributed by atoms with Crippen molar-refractivity contribution in [1.29, 1.82) is 0 Å². The molecule has 0 fully saturated rings. The number of benzene rings is 1. The molecule has 0 saturated heterocycles. The standard InChI is InChI=1S/C19H14ClN5OS/c20-15-9-12-5-6-21-18(26)16(12)17(24-15)22-13-3-1-11(2-4-13)14-10-25-7-8-27-19(25)23-14/h1-6,9-10H,7-8H2,(H,21,26)(H,22,24). The molecular formula is C19H14ClN5OS. The van der Waals surface area contributed by atoms with Crippen molar-refractivity contribution in [3.63, 3.8) is 0 Å². The lowest BCUT2D eigenvalue weighted by atomic mass is 10.1. The van der Waals surface area contributed by atoms with Crippen LogP contribution in [0.1, 0.15) is 0 Å². The van der Waals surface area contributed by atoms with Crippen LogP contribution >= 0.6 is 23.4 Å². The minimum absolute atomic E-state index is 0.208. The number of pyridine rings is 2. The lowest BCUT2D eigenvalue weighted by Crippen LogP contribution is -2.08. The molecule has 0 aliphatic carbocycles. The first-order chi connectivity index (χ1) is 13.2. The second-order valence-electron chi connectivity index (χ2n) is 6.22. The van der Waals surface area contributed by atoms with Gasteiger partial charge in [-0.15, -0.1) is 0 Å². The number of H-pyrrole nitrogens is 1. The van der Waals surface area contributed by atoms with E-state index in [0.717, 1.165) is 39.8 Å². The first kappa shape index (κ1) is 16.4. The molecule has 0 bridgehead atoms. The third-order valence-corrected chi connectivity index (χ3v) is 5.63. The van der Waals surface area contributed by atoms with Crippen LogP contribution in [0.25, 0.3) is 22.0 Å². The van der Waals surface area contributed by atoms with E-state index in [-0.39, 0.29) is 5.56 Å². The van der Waals surface area contributed by atoms with Crippen molar-refractivity contribution < 1.29 is 0 Å². The molecule has 1 aliphatic rings. The van der Waals surface area contributed by atoms with Crippen molar-refractivity contribution in [1.82, 2.24) is 19.5 Å². The van der Waals surface area contributed by atoms with Crippen LogP contribution in [0.5, 0.6) is 0 Å². The first-order valence-corrected chi connectivity index (χ1v) is 9.79. The van der Waals surface area contributed by atoms with E-state index in [1.54, 1.807) is 30.1 Å². The van der Waals surface area contributed by atoms with E-state index in [1.165, 1.54) is 0 Å². The van der Waals surface area contributed by atoms with Gasteiger partial charge in [-0.2, -0.15) is 0 Å². The minimum Gasteiger partial charge on any atom is -0.339 e. The fraction of sp³-hybridized carbons (Fsp3) is 0.105. The highest BCUT2D eigenvalue weighted by molar-refractivity contribution is 7.99. The van der Waals surface area contributed by atoms with Gasteiger partial charge in [0.05, 0.1) is 11.1 Å². The highest BCUT2D eigenvalue weighted by Crippen LogP contribution is 2.30. The fourth-order valence-corrected chi connectivity index (χ4v) is 4.33. The second-order valence-corrected chi connectivity index (χ2v) is 7.67. The van der Waals surface area contributed by atoms with Crippen LogP contribution in [-0.2, 0) is 6.54 Å². The molecule has 6 nitrogen and oxygen atoms in total. The number of halogens is 1. The van der Waals surface area contributed by atoms with Crippen LogP contribution in [0.2, 0.25) is 5.15 Å². The molecule has 0 unspecified atom stereocenters. The second kappa shape index (κ2) is 6.44. The van der Waals surface area contributed by atoms with Gasteiger partial charge < -0.3 is 14.9 Å². The van der Waals surface area contributed by atoms with Gasteiger partial charge in [-0.1, -0.05) is 35.5 Å². The average molecular weight is 396 g/mol. The van der Waals surface area contributed by atoms with Crippen LogP contribution in [0.4, 0.5) is 11.5 Å². The lowest BCUT2D eigenvalue weighted by molar-refractivity contribution is 0.719. The first-order valence-electron chi connectivity index (χ1n) is 8.43. The summed E-state index contributed by atoms with van der Waals surface area (Å²) in [5, 5.41) is 5.82. The fourth-order valence-electron chi connectivity index (χ4n) is 3.18. The molecule has 4 aromatic rings. The number of aromatic amines is 1. The Morgan fingerprint density at radius 1 is 1.19 bits per heavy atom. The number of imidazole rings is 1. The Morgan fingerprint density at radius 2 is 2.04 bits per heavy atom. The summed E-state index contributed by atoms with van der Waals surface area (Å²) in [5.41, 5.74) is 2.62. The summed E-state index contributed by atoms with van der Waals surface area (Å²) in [6, 6.07) is 11.4. The maximum atomic E-state index is 12.2. The number of fused-ring (bicyclic) bond motifs is 2. The van der Waals surface area contributed by atoms with Crippen LogP contribution < -0.4 is 10.9 Å². The topological polar surface area (TPSA) is 75.6 Å². The molecule has 1 aliphatic heterocycles. The predicted octanol–water partition coefficient (Wildman–Crippen LogP) is 4.29. The van der Waals surface area contributed by atoms with Crippen LogP contribution in [0, 0.1) is 0 Å². The molecule has 8 heteroatoms. The summed E-state index contributed by atoms with van der Waals surface area (Å²) in [5.74, 6) is 1.52. The molecule has 134 valence electrons. The van der Waals surface area contributed by atoms with Crippen LogP contribution in [0.3, 0.4) is 0 Å². The van der Waals surface area contributed by atoms with Crippen LogP contribution in [-0.4, -0.2) is 25.3 Å². The third-order valence-electron chi connectivity index (χ3n) is 4.47. The molecule has 0 atom stereocenters. The van der Waals surface area contributed by atoms with E-state index in [2.05, 4.69) is 31.0 Å². The molecule has 27 heavy (non-hydrogen) atoms. The van der Waals surface area contributed by atoms with E-state index < -0.39 is 0 Å². The molecule has 0 radical (unpaired) electrons. The van der Waals surface area contributed by atoms with Gasteiger partial charge in [0.1, 0.15) is 11.0 Å². The summed E-state index contributed by atoms with van der Waals surface area (Å²) in [6.45, 7) is 1.01. The van der Waals surface area contributed by atoms with E-state index in [4.69, 9.17) is 11.6 Å². The Labute approximate surface area is 163 Å². The molecule has 0 spiro atoms. The van der Waals surface area contributed by atoms with Crippen molar-refractivity contribution in [3.8, 4) is 11.3 Å². The number of hydrogen-bond acceptors (Lipinski definition) is 5. The maximum absolute atomic E-state index is 12.2. The summed E-state index contributed by atoms with van der Waals surface area (Å²) in [6.07, 6.45) is 3.68. The molecular weight excluding hydrogens is 382 g/mol. The molecule has 0 saturated carbocycles. The number of rotatable bonds is 3. The molecule has 2 N–H and O–H groups in total. The zero-order chi connectivity index (χ0) is 18.4. The van der Waals surface area contributed by atoms with Crippen molar-refractivity contribution in [2.75, 3.05) is 11.1 Å². The van der Waals surface area contributed by atoms with E-state index in [0.29, 0.717) is 16.4 Å². The summed E-state index contributed by atoms with van der Waals surface area (Å²) >= 11 is 7.89. The Balaban J connectivity index is 1.48. The predicted molar refractivity (Wildman–Crippen MR) is 109 cm³/mol. The molecule has 0 amide bonds. The molecule has 5 rings (SSSR count). The number of nitrogens with one attached hydrogen (secondary N) is 2. The van der Waals surface area contributed by atoms with E-state index in [1.807, 2.05) is 24.3 Å². The number of thioether (sulfide) groups is 1. The number of aryl methyl sites for hydroxylation is 1. The summed E-state index contributed by atoms with van der Waals surface area (Å²) in [7, 11) is 0. The van der Waals surface area contributed by atoms with Crippen LogP contribution in [0.15, 0.2) is 58.7 Å². The van der Waals surface area contributed by atoms with Gasteiger partial charge in [0, 0.05) is 35.9 Å². The Hall–Kier alpha value is -2.77. The zero-order valence-electron chi connectivity index (χ0n) is 14.1. The number of nitrogens with zero attached hydrogens (tertiary/aromatic N) is 3. The smallest absolute Gasteiger partial charge is 0.259 e. The Kier molecular flexibility index (Phi) is 3.91. The van der Waals surface area contributed by atoms with Crippen molar-refractivity contribution in [3.05, 3.63) is 64.3 Å².